The standard InChI is InChI=1S/C50H98O10/c1-3-5-7-9-11-13-15-17-18-19-20-21-22-23-24-25-26-27-29-31-33-35-37-39-45(53)59-43(38-36-34-32-30-28-16-14-12-10-8-6-4-2)46(54)42(52)41-58-50-49(57)48(56)47(55)44(40-51)60-50/h42-44,46-52,54-57H,3-41H2,1-2H3/t42-,43+,44+,46+,47-,48-,49+,50-/m0/s1. The third-order valence-electron chi connectivity index (χ3n) is 12.7. The normalized spacial score (nSPS) is 21.0. The first-order chi connectivity index (χ1) is 29.3. The molecule has 6 N–H and O–H groups in total. The van der Waals surface area contributed by atoms with Crippen LogP contribution < -0.4 is 0 Å². The van der Waals surface area contributed by atoms with Gasteiger partial charge in [-0.05, 0) is 19.3 Å². The van der Waals surface area contributed by atoms with Crippen molar-refractivity contribution in [1.82, 2.24) is 0 Å². The highest BCUT2D eigenvalue weighted by Crippen LogP contribution is 2.24. The predicted octanol–water partition coefficient (Wildman–Crippen LogP) is 10.9. The summed E-state index contributed by atoms with van der Waals surface area (Å²) in [5.74, 6) is -0.386. The van der Waals surface area contributed by atoms with Crippen LogP contribution in [0.25, 0.3) is 0 Å². The van der Waals surface area contributed by atoms with Crippen molar-refractivity contribution in [2.24, 2.45) is 0 Å². The van der Waals surface area contributed by atoms with Crippen molar-refractivity contribution in [2.75, 3.05) is 13.2 Å². The molecule has 10 nitrogen and oxygen atoms in total. The Morgan fingerprint density at radius 3 is 1.22 bits per heavy atom. The molecule has 0 aromatic heterocycles. The number of ether oxygens (including phenoxy) is 3. The van der Waals surface area contributed by atoms with Crippen LogP contribution >= 0.6 is 0 Å². The first kappa shape index (κ1) is 57.2. The van der Waals surface area contributed by atoms with E-state index in [0.717, 1.165) is 44.9 Å². The number of carbonyl (C=O) groups is 1. The van der Waals surface area contributed by atoms with Gasteiger partial charge in [0.15, 0.2) is 6.29 Å². The molecular formula is C50H98O10. The second kappa shape index (κ2) is 40.9. The Bertz CT molecular complexity index is 921. The number of hydrogen-bond acceptors (Lipinski definition) is 10. The molecule has 1 aliphatic heterocycles. The van der Waals surface area contributed by atoms with Crippen molar-refractivity contribution in [1.29, 1.82) is 0 Å². The summed E-state index contributed by atoms with van der Waals surface area (Å²) in [7, 11) is 0. The van der Waals surface area contributed by atoms with Crippen LogP contribution in [0.15, 0.2) is 0 Å². The van der Waals surface area contributed by atoms with Crippen LogP contribution in [-0.2, 0) is 19.0 Å². The minimum atomic E-state index is -1.62. The van der Waals surface area contributed by atoms with Gasteiger partial charge in [0.05, 0.1) is 13.2 Å². The van der Waals surface area contributed by atoms with E-state index in [9.17, 15) is 35.4 Å². The molecule has 0 unspecified atom stereocenters. The van der Waals surface area contributed by atoms with Crippen LogP contribution in [0, 0.1) is 0 Å². The van der Waals surface area contributed by atoms with Crippen LogP contribution in [-0.4, -0.2) is 98.8 Å². The average Bonchev–Trinajstić information content (AvgIpc) is 3.25. The summed E-state index contributed by atoms with van der Waals surface area (Å²) in [5.41, 5.74) is 0. The number of esters is 1. The summed E-state index contributed by atoms with van der Waals surface area (Å²) in [6.45, 7) is 3.44. The van der Waals surface area contributed by atoms with Gasteiger partial charge in [-0.25, -0.2) is 0 Å². The third kappa shape index (κ3) is 30.3. The van der Waals surface area contributed by atoms with Crippen molar-refractivity contribution in [3.8, 4) is 0 Å². The predicted molar refractivity (Wildman–Crippen MR) is 244 cm³/mol. The average molecular weight is 859 g/mol. The largest absolute Gasteiger partial charge is 0.459 e. The molecule has 0 radical (unpaired) electrons. The van der Waals surface area contributed by atoms with Gasteiger partial charge in [-0.1, -0.05) is 226 Å². The molecule has 0 aromatic rings. The molecule has 0 amide bonds. The lowest BCUT2D eigenvalue weighted by Gasteiger charge is -2.40. The van der Waals surface area contributed by atoms with E-state index in [1.165, 1.54) is 180 Å². The molecule has 0 spiro atoms. The lowest BCUT2D eigenvalue weighted by Crippen LogP contribution is -2.59. The van der Waals surface area contributed by atoms with Crippen molar-refractivity contribution in [2.45, 2.75) is 300 Å². The van der Waals surface area contributed by atoms with Gasteiger partial charge in [-0.3, -0.25) is 4.79 Å². The van der Waals surface area contributed by atoms with Crippen LogP contribution in [0.2, 0.25) is 0 Å². The summed E-state index contributed by atoms with van der Waals surface area (Å²) < 4.78 is 16.6. The van der Waals surface area contributed by atoms with Crippen LogP contribution in [0.4, 0.5) is 0 Å². The van der Waals surface area contributed by atoms with Gasteiger partial charge >= 0.3 is 5.97 Å². The first-order valence-corrected chi connectivity index (χ1v) is 25.7. The molecule has 0 saturated carbocycles. The minimum Gasteiger partial charge on any atom is -0.459 e. The van der Waals surface area contributed by atoms with E-state index in [0.29, 0.717) is 6.42 Å². The second-order valence-electron chi connectivity index (χ2n) is 18.3. The zero-order chi connectivity index (χ0) is 43.9. The molecule has 10 heteroatoms. The number of aliphatic hydroxyl groups excluding tert-OH is 6. The summed E-state index contributed by atoms with van der Waals surface area (Å²) >= 11 is 0. The van der Waals surface area contributed by atoms with E-state index in [2.05, 4.69) is 13.8 Å². The molecule has 1 fully saturated rings. The van der Waals surface area contributed by atoms with Gasteiger partial charge in [0.1, 0.15) is 42.7 Å². The fourth-order valence-electron chi connectivity index (χ4n) is 8.51. The zero-order valence-corrected chi connectivity index (χ0v) is 39.0. The Morgan fingerprint density at radius 2 is 0.850 bits per heavy atom. The van der Waals surface area contributed by atoms with Crippen molar-refractivity contribution in [3.63, 3.8) is 0 Å². The number of hydrogen-bond donors (Lipinski definition) is 6. The van der Waals surface area contributed by atoms with Crippen molar-refractivity contribution < 1.29 is 49.6 Å². The maximum atomic E-state index is 12.9. The molecule has 1 heterocycles. The Morgan fingerprint density at radius 1 is 0.500 bits per heavy atom. The Kier molecular flexibility index (Phi) is 39.0. The quantitative estimate of drug-likeness (QED) is 0.0256. The molecule has 1 aliphatic rings. The first-order valence-electron chi connectivity index (χ1n) is 25.7. The smallest absolute Gasteiger partial charge is 0.306 e. The topological polar surface area (TPSA) is 166 Å². The van der Waals surface area contributed by atoms with E-state index in [1.807, 2.05) is 0 Å². The Labute approximate surface area is 368 Å². The van der Waals surface area contributed by atoms with Crippen LogP contribution in [0.1, 0.15) is 251 Å². The highest BCUT2D eigenvalue weighted by atomic mass is 16.7. The number of unbranched alkanes of at least 4 members (excludes halogenated alkanes) is 33. The Hall–Kier alpha value is -0.850. The fourth-order valence-corrected chi connectivity index (χ4v) is 8.51. The maximum absolute atomic E-state index is 12.9. The number of carbonyl (C=O) groups excluding carboxylic acids is 1. The van der Waals surface area contributed by atoms with Gasteiger partial charge < -0.3 is 44.8 Å². The lowest BCUT2D eigenvalue weighted by atomic mass is 9.99. The molecule has 0 aliphatic carbocycles. The Balaban J connectivity index is 2.26. The van der Waals surface area contributed by atoms with E-state index in [4.69, 9.17) is 14.2 Å². The molecular weight excluding hydrogens is 761 g/mol. The molecule has 0 aromatic carbocycles. The molecule has 8 atom stereocenters. The van der Waals surface area contributed by atoms with Gasteiger partial charge in [0, 0.05) is 6.42 Å². The third-order valence-corrected chi connectivity index (χ3v) is 12.7. The fraction of sp³-hybridized carbons (Fsp3) is 0.980. The summed E-state index contributed by atoms with van der Waals surface area (Å²) in [6, 6.07) is 0. The van der Waals surface area contributed by atoms with Crippen molar-refractivity contribution in [3.05, 3.63) is 0 Å². The maximum Gasteiger partial charge on any atom is 0.306 e. The van der Waals surface area contributed by atoms with E-state index < -0.39 is 62.2 Å². The van der Waals surface area contributed by atoms with Gasteiger partial charge in [0.2, 0.25) is 0 Å². The molecule has 1 rings (SSSR count). The summed E-state index contributed by atoms with van der Waals surface area (Å²) in [5, 5.41) is 61.8. The molecule has 358 valence electrons. The van der Waals surface area contributed by atoms with E-state index in [1.54, 1.807) is 0 Å². The number of aliphatic hydroxyl groups is 6. The van der Waals surface area contributed by atoms with Gasteiger partial charge in [-0.15, -0.1) is 0 Å². The minimum absolute atomic E-state index is 0.262. The van der Waals surface area contributed by atoms with Crippen molar-refractivity contribution >= 4 is 5.97 Å². The van der Waals surface area contributed by atoms with Gasteiger partial charge in [-0.2, -0.15) is 0 Å². The summed E-state index contributed by atoms with van der Waals surface area (Å²) in [6.07, 6.45) is 33.9. The number of rotatable bonds is 44. The molecule has 1 saturated heterocycles. The van der Waals surface area contributed by atoms with E-state index >= 15 is 0 Å². The van der Waals surface area contributed by atoms with Crippen LogP contribution in [0.5, 0.6) is 0 Å². The van der Waals surface area contributed by atoms with E-state index in [-0.39, 0.29) is 12.4 Å². The SMILES string of the molecule is CCCCCCCCCCCCCCCCCCCCCCCCCC(=O)O[C@H](CCCCCCCCCCCCCC)[C@H](O)[C@@H](O)CO[C@H]1O[C@H](CO)[C@H](O)[C@H](O)[C@H]1O. The monoisotopic (exact) mass is 859 g/mol. The summed E-state index contributed by atoms with van der Waals surface area (Å²) in [4.78, 5) is 12.9. The molecule has 0 bridgehead atoms. The zero-order valence-electron chi connectivity index (χ0n) is 39.0. The molecule has 60 heavy (non-hydrogen) atoms. The van der Waals surface area contributed by atoms with Gasteiger partial charge in [0.25, 0.3) is 0 Å². The highest BCUT2D eigenvalue weighted by Gasteiger charge is 2.44. The highest BCUT2D eigenvalue weighted by molar-refractivity contribution is 5.69. The van der Waals surface area contributed by atoms with Crippen LogP contribution in [0.3, 0.4) is 0 Å². The lowest BCUT2D eigenvalue weighted by molar-refractivity contribution is -0.306. The second-order valence-corrected chi connectivity index (χ2v) is 18.3.